The van der Waals surface area contributed by atoms with E-state index in [2.05, 4.69) is 38.2 Å². The summed E-state index contributed by atoms with van der Waals surface area (Å²) in [5, 5.41) is 64.8. The first-order valence-corrected chi connectivity index (χ1v) is 18.2. The van der Waals surface area contributed by atoms with E-state index in [1.54, 1.807) is 0 Å². The molecule has 8 atom stereocenters. The maximum absolute atomic E-state index is 13.0. The summed E-state index contributed by atoms with van der Waals surface area (Å²) in [6.07, 6.45) is 6.39. The van der Waals surface area contributed by atoms with E-state index >= 15 is 0 Å². The zero-order valence-corrected chi connectivity index (χ0v) is 29.1. The molecule has 1 aromatic rings. The van der Waals surface area contributed by atoms with Crippen LogP contribution in [0.1, 0.15) is 122 Å². The Kier molecular flexibility index (Phi) is 20.9. The Morgan fingerprint density at radius 1 is 0.830 bits per heavy atom. The van der Waals surface area contributed by atoms with Crippen LogP contribution in [0, 0.1) is 5.92 Å². The molecule has 1 heterocycles. The maximum Gasteiger partial charge on any atom is 0.220 e. The molecule has 272 valence electrons. The third-order valence-corrected chi connectivity index (χ3v) is 9.10. The first-order chi connectivity index (χ1) is 22.6. The number of hydrogen-bond acceptors (Lipinski definition) is 9. The predicted molar refractivity (Wildman–Crippen MR) is 183 cm³/mol. The number of carbonyl (C=O) groups is 1. The molecule has 1 saturated heterocycles. The van der Waals surface area contributed by atoms with Gasteiger partial charge in [0.1, 0.15) is 30.5 Å². The number of aliphatic hydroxyl groups is 6. The van der Waals surface area contributed by atoms with E-state index in [0.29, 0.717) is 18.8 Å². The second kappa shape index (κ2) is 23.7. The van der Waals surface area contributed by atoms with Gasteiger partial charge in [0.2, 0.25) is 5.91 Å². The van der Waals surface area contributed by atoms with Crippen LogP contribution >= 0.6 is 0 Å². The molecular weight excluding hydrogens is 602 g/mol. The van der Waals surface area contributed by atoms with Crippen LogP contribution in [0.2, 0.25) is 0 Å². The molecule has 7 N–H and O–H groups in total. The van der Waals surface area contributed by atoms with Gasteiger partial charge in [-0.25, -0.2) is 0 Å². The summed E-state index contributed by atoms with van der Waals surface area (Å²) in [6, 6.07) is 7.13. The van der Waals surface area contributed by atoms with E-state index < -0.39 is 55.6 Å². The highest BCUT2D eigenvalue weighted by Gasteiger charge is 2.44. The SMILES string of the molecule is CCCCCCCCCCCCCC[C@@H](O)[C@@H](O)[C@H](CO[C@H]1O[C@H](CO)[C@H](O)[C@H](O)[C@H]1O)NC(=O)CCc1ccc(CC(C)C)cc1. The molecule has 0 aliphatic carbocycles. The van der Waals surface area contributed by atoms with Crippen LogP contribution in [0.5, 0.6) is 0 Å². The van der Waals surface area contributed by atoms with Crippen LogP contribution < -0.4 is 5.32 Å². The molecule has 0 aromatic heterocycles. The Bertz CT molecular complexity index is 944. The summed E-state index contributed by atoms with van der Waals surface area (Å²) in [7, 11) is 0. The van der Waals surface area contributed by atoms with Crippen LogP contribution in [0.4, 0.5) is 0 Å². The molecule has 1 aliphatic rings. The number of carbonyl (C=O) groups excluding carboxylic acids is 1. The molecule has 2 rings (SSSR count). The fourth-order valence-electron chi connectivity index (χ4n) is 6.11. The van der Waals surface area contributed by atoms with Gasteiger partial charge in [0, 0.05) is 6.42 Å². The molecule has 1 aromatic carbocycles. The largest absolute Gasteiger partial charge is 0.394 e. The van der Waals surface area contributed by atoms with E-state index in [-0.39, 0.29) is 18.9 Å². The minimum absolute atomic E-state index is 0.154. The summed E-state index contributed by atoms with van der Waals surface area (Å²) in [6.45, 7) is 5.62. The van der Waals surface area contributed by atoms with Gasteiger partial charge >= 0.3 is 0 Å². The van der Waals surface area contributed by atoms with Crippen molar-refractivity contribution in [2.75, 3.05) is 13.2 Å². The summed E-state index contributed by atoms with van der Waals surface area (Å²) < 4.78 is 11.1. The number of ether oxygens (including phenoxy) is 2. The smallest absolute Gasteiger partial charge is 0.220 e. The molecule has 0 radical (unpaired) electrons. The second-order valence-corrected chi connectivity index (χ2v) is 13.9. The number of hydrogen-bond donors (Lipinski definition) is 7. The monoisotopic (exact) mass is 667 g/mol. The van der Waals surface area contributed by atoms with E-state index in [1.807, 2.05) is 12.1 Å². The van der Waals surface area contributed by atoms with Gasteiger partial charge in [0.05, 0.1) is 25.4 Å². The number of nitrogens with one attached hydrogen (secondary N) is 1. The van der Waals surface area contributed by atoms with Crippen molar-refractivity contribution in [2.45, 2.75) is 172 Å². The zero-order valence-electron chi connectivity index (χ0n) is 29.1. The Labute approximate surface area is 282 Å². The molecule has 1 amide bonds. The number of aliphatic hydroxyl groups excluding tert-OH is 6. The first kappa shape index (κ1) is 41.5. The van der Waals surface area contributed by atoms with Gasteiger partial charge in [-0.05, 0) is 36.3 Å². The minimum Gasteiger partial charge on any atom is -0.394 e. The highest BCUT2D eigenvalue weighted by molar-refractivity contribution is 5.76. The van der Waals surface area contributed by atoms with E-state index in [1.165, 1.54) is 56.9 Å². The summed E-state index contributed by atoms with van der Waals surface area (Å²) in [5.41, 5.74) is 2.25. The normalized spacial score (nSPS) is 23.5. The van der Waals surface area contributed by atoms with Crippen LogP contribution in [-0.4, -0.2) is 98.7 Å². The van der Waals surface area contributed by atoms with Crippen molar-refractivity contribution < 1.29 is 44.9 Å². The molecule has 0 unspecified atom stereocenters. The van der Waals surface area contributed by atoms with Gasteiger partial charge in [-0.15, -0.1) is 0 Å². The molecule has 0 saturated carbocycles. The number of rotatable bonds is 25. The van der Waals surface area contributed by atoms with Crippen LogP contribution in [0.3, 0.4) is 0 Å². The summed E-state index contributed by atoms with van der Waals surface area (Å²) in [4.78, 5) is 13.0. The molecular formula is C37H65NO9. The lowest BCUT2D eigenvalue weighted by Crippen LogP contribution is -2.60. The standard InChI is InChI=1S/C37H65NO9/c1-4-5-6-7-8-9-10-11-12-13-14-15-16-30(40)33(42)29(25-46-37-36(45)35(44)34(43)31(24-39)47-37)38-32(41)22-21-27-17-19-28(20-18-27)23-26(2)3/h17-20,26,29-31,33-37,39-40,42-45H,4-16,21-25H2,1-3H3,(H,38,41)/t29-,30+,31+,33-,34-,35-,36+,37-/m0/s1. The van der Waals surface area contributed by atoms with Crippen molar-refractivity contribution >= 4 is 5.91 Å². The first-order valence-electron chi connectivity index (χ1n) is 18.2. The average molecular weight is 668 g/mol. The van der Waals surface area contributed by atoms with E-state index in [9.17, 15) is 35.4 Å². The topological polar surface area (TPSA) is 169 Å². The molecule has 10 heteroatoms. The summed E-state index contributed by atoms with van der Waals surface area (Å²) >= 11 is 0. The fraction of sp³-hybridized carbons (Fsp3) is 0.811. The summed E-state index contributed by atoms with van der Waals surface area (Å²) in [5.74, 6) is 0.213. The maximum atomic E-state index is 13.0. The number of unbranched alkanes of at least 4 members (excludes halogenated alkanes) is 11. The Hall–Kier alpha value is -1.63. The molecule has 10 nitrogen and oxygen atoms in total. The lowest BCUT2D eigenvalue weighted by atomic mass is 9.98. The molecule has 1 fully saturated rings. The van der Waals surface area contributed by atoms with Crippen LogP contribution in [-0.2, 0) is 27.1 Å². The highest BCUT2D eigenvalue weighted by atomic mass is 16.7. The number of benzene rings is 1. The van der Waals surface area contributed by atoms with Crippen molar-refractivity contribution in [1.29, 1.82) is 0 Å². The molecule has 0 bridgehead atoms. The van der Waals surface area contributed by atoms with Gasteiger partial charge in [-0.3, -0.25) is 4.79 Å². The lowest BCUT2D eigenvalue weighted by molar-refractivity contribution is -0.303. The van der Waals surface area contributed by atoms with Crippen LogP contribution in [0.15, 0.2) is 24.3 Å². The van der Waals surface area contributed by atoms with Crippen molar-refractivity contribution in [3.05, 3.63) is 35.4 Å². The molecule has 1 aliphatic heterocycles. The fourth-order valence-corrected chi connectivity index (χ4v) is 6.11. The Morgan fingerprint density at radius 3 is 1.94 bits per heavy atom. The predicted octanol–water partition coefficient (Wildman–Crippen LogP) is 3.93. The lowest BCUT2D eigenvalue weighted by Gasteiger charge is -2.40. The van der Waals surface area contributed by atoms with Crippen molar-refractivity contribution in [1.82, 2.24) is 5.32 Å². The third-order valence-electron chi connectivity index (χ3n) is 9.10. The zero-order chi connectivity index (χ0) is 34.6. The second-order valence-electron chi connectivity index (χ2n) is 13.9. The van der Waals surface area contributed by atoms with Gasteiger partial charge in [-0.1, -0.05) is 122 Å². The van der Waals surface area contributed by atoms with Gasteiger partial charge in [0.25, 0.3) is 0 Å². The Morgan fingerprint density at radius 2 is 1.38 bits per heavy atom. The van der Waals surface area contributed by atoms with Gasteiger partial charge in [-0.2, -0.15) is 0 Å². The van der Waals surface area contributed by atoms with E-state index in [0.717, 1.165) is 37.7 Å². The van der Waals surface area contributed by atoms with Crippen molar-refractivity contribution in [3.63, 3.8) is 0 Å². The molecule has 47 heavy (non-hydrogen) atoms. The third kappa shape index (κ3) is 16.1. The van der Waals surface area contributed by atoms with Crippen molar-refractivity contribution in [3.8, 4) is 0 Å². The van der Waals surface area contributed by atoms with Crippen LogP contribution in [0.25, 0.3) is 0 Å². The minimum atomic E-state index is -1.62. The van der Waals surface area contributed by atoms with Gasteiger partial charge in [0.15, 0.2) is 6.29 Å². The van der Waals surface area contributed by atoms with Gasteiger partial charge < -0.3 is 45.4 Å². The quantitative estimate of drug-likeness (QED) is 0.0764. The molecule has 0 spiro atoms. The average Bonchev–Trinajstić information content (AvgIpc) is 3.05. The Balaban J connectivity index is 1.87. The van der Waals surface area contributed by atoms with Crippen molar-refractivity contribution in [2.24, 2.45) is 5.92 Å². The number of amides is 1. The number of aryl methyl sites for hydroxylation is 1. The van der Waals surface area contributed by atoms with E-state index in [4.69, 9.17) is 9.47 Å². The highest BCUT2D eigenvalue weighted by Crippen LogP contribution is 2.23.